The summed E-state index contributed by atoms with van der Waals surface area (Å²) in [6.07, 6.45) is 1.44. The molecule has 1 N–H and O–H groups in total. The van der Waals surface area contributed by atoms with Crippen LogP contribution in [0.15, 0.2) is 23.2 Å². The summed E-state index contributed by atoms with van der Waals surface area (Å²) < 4.78 is 26.4. The lowest BCUT2D eigenvalue weighted by atomic mass is 10.3. The first-order valence-electron chi connectivity index (χ1n) is 6.39. The van der Waals surface area contributed by atoms with Crippen LogP contribution in [-0.4, -0.2) is 41.4 Å². The number of rotatable bonds is 7. The third-order valence-corrected chi connectivity index (χ3v) is 4.92. The fourth-order valence-corrected chi connectivity index (χ4v) is 3.62. The van der Waals surface area contributed by atoms with E-state index in [0.29, 0.717) is 0 Å². The van der Waals surface area contributed by atoms with Crippen LogP contribution in [0, 0.1) is 11.3 Å². The van der Waals surface area contributed by atoms with Crippen LogP contribution in [-0.2, 0) is 14.8 Å². The van der Waals surface area contributed by atoms with Gasteiger partial charge in [-0.15, -0.1) is 0 Å². The molecule has 0 atom stereocenters. The van der Waals surface area contributed by atoms with Gasteiger partial charge in [-0.25, -0.2) is 13.4 Å². The summed E-state index contributed by atoms with van der Waals surface area (Å²) in [5.74, 6) is -0.977. The lowest BCUT2D eigenvalue weighted by Gasteiger charge is -2.25. The molecule has 0 aliphatic rings. The molecule has 0 aromatic carbocycles. The standard InChI is InChI=1S/C13H17N3O4S/c1-10(2)16(8-4-6-13(17)18)21(19,20)12-5-3-7-15-11(12)9-14/h3,5,7,10H,4,6,8H2,1-2H3,(H,17,18). The number of sulfonamides is 1. The molecule has 21 heavy (non-hydrogen) atoms. The maximum Gasteiger partial charge on any atom is 0.303 e. The predicted molar refractivity (Wildman–Crippen MR) is 74.8 cm³/mol. The third kappa shape index (κ3) is 4.24. The fourth-order valence-electron chi connectivity index (χ4n) is 1.85. The molecule has 7 nitrogen and oxygen atoms in total. The maximum atomic E-state index is 12.6. The largest absolute Gasteiger partial charge is 0.481 e. The number of hydrogen-bond acceptors (Lipinski definition) is 5. The average molecular weight is 311 g/mol. The molecule has 1 rings (SSSR count). The Labute approximate surface area is 123 Å². The number of carboxylic acids is 1. The minimum atomic E-state index is -3.89. The van der Waals surface area contributed by atoms with Crippen LogP contribution < -0.4 is 0 Å². The molecule has 0 amide bonds. The molecule has 1 aromatic heterocycles. The second kappa shape index (κ2) is 7.15. The van der Waals surface area contributed by atoms with E-state index < -0.39 is 16.0 Å². The highest BCUT2D eigenvalue weighted by Gasteiger charge is 2.29. The molecule has 0 aliphatic heterocycles. The highest BCUT2D eigenvalue weighted by molar-refractivity contribution is 7.89. The average Bonchev–Trinajstić information content (AvgIpc) is 2.42. The van der Waals surface area contributed by atoms with E-state index in [1.54, 1.807) is 19.9 Å². The van der Waals surface area contributed by atoms with Gasteiger partial charge in [0.2, 0.25) is 10.0 Å². The van der Waals surface area contributed by atoms with E-state index in [4.69, 9.17) is 10.4 Å². The topological polar surface area (TPSA) is 111 Å². The molecule has 1 heterocycles. The van der Waals surface area contributed by atoms with Gasteiger partial charge in [-0.2, -0.15) is 9.57 Å². The van der Waals surface area contributed by atoms with Crippen molar-refractivity contribution in [2.24, 2.45) is 0 Å². The minimum Gasteiger partial charge on any atom is -0.481 e. The van der Waals surface area contributed by atoms with Gasteiger partial charge >= 0.3 is 5.97 Å². The molecule has 0 saturated carbocycles. The molecule has 0 aliphatic carbocycles. The highest BCUT2D eigenvalue weighted by Crippen LogP contribution is 2.20. The number of hydrogen-bond donors (Lipinski definition) is 1. The molecular formula is C13H17N3O4S. The van der Waals surface area contributed by atoms with Gasteiger partial charge in [-0.1, -0.05) is 0 Å². The van der Waals surface area contributed by atoms with Crippen molar-refractivity contribution in [1.82, 2.24) is 9.29 Å². The number of nitriles is 1. The molecule has 0 fully saturated rings. The zero-order valence-corrected chi connectivity index (χ0v) is 12.7. The molecular weight excluding hydrogens is 294 g/mol. The third-order valence-electron chi connectivity index (χ3n) is 2.81. The zero-order valence-electron chi connectivity index (χ0n) is 11.9. The summed E-state index contributed by atoms with van der Waals surface area (Å²) in [6, 6.07) is 4.18. The first-order valence-corrected chi connectivity index (χ1v) is 7.83. The quantitative estimate of drug-likeness (QED) is 0.810. The van der Waals surface area contributed by atoms with Crippen LogP contribution in [0.25, 0.3) is 0 Å². The van der Waals surface area contributed by atoms with Gasteiger partial charge < -0.3 is 5.11 Å². The van der Waals surface area contributed by atoms with Crippen LogP contribution in [0.2, 0.25) is 0 Å². The van der Waals surface area contributed by atoms with Gasteiger partial charge in [0.05, 0.1) is 0 Å². The van der Waals surface area contributed by atoms with Gasteiger partial charge in [-0.3, -0.25) is 4.79 Å². The summed E-state index contributed by atoms with van der Waals surface area (Å²) >= 11 is 0. The Hall–Kier alpha value is -1.98. The predicted octanol–water partition coefficient (Wildman–Crippen LogP) is 1.22. The normalized spacial score (nSPS) is 11.6. The van der Waals surface area contributed by atoms with E-state index in [1.807, 2.05) is 0 Å². The Morgan fingerprint density at radius 1 is 1.52 bits per heavy atom. The van der Waals surface area contributed by atoms with Crippen LogP contribution in [0.1, 0.15) is 32.4 Å². The van der Waals surface area contributed by atoms with Crippen LogP contribution in [0.3, 0.4) is 0 Å². The second-order valence-electron chi connectivity index (χ2n) is 4.67. The summed E-state index contributed by atoms with van der Waals surface area (Å²) in [5.41, 5.74) is -0.165. The minimum absolute atomic E-state index is 0.0755. The van der Waals surface area contributed by atoms with Crippen molar-refractivity contribution in [2.75, 3.05) is 6.54 Å². The van der Waals surface area contributed by atoms with Crippen molar-refractivity contribution in [3.63, 3.8) is 0 Å². The number of pyridine rings is 1. The van der Waals surface area contributed by atoms with Crippen LogP contribution in [0.4, 0.5) is 0 Å². The number of carboxylic acid groups (broad SMARTS) is 1. The Morgan fingerprint density at radius 2 is 2.19 bits per heavy atom. The van der Waals surface area contributed by atoms with Gasteiger partial charge in [0.15, 0.2) is 5.69 Å². The summed E-state index contributed by atoms with van der Waals surface area (Å²) in [4.78, 5) is 14.1. The zero-order chi connectivity index (χ0) is 16.0. The van der Waals surface area contributed by atoms with E-state index in [9.17, 15) is 13.2 Å². The van der Waals surface area contributed by atoms with E-state index in [1.165, 1.54) is 22.6 Å². The Balaban J connectivity index is 3.11. The van der Waals surface area contributed by atoms with Crippen molar-refractivity contribution in [3.8, 4) is 6.07 Å². The first kappa shape index (κ1) is 17.1. The van der Waals surface area contributed by atoms with Crippen molar-refractivity contribution in [3.05, 3.63) is 24.0 Å². The molecule has 8 heteroatoms. The Morgan fingerprint density at radius 3 is 2.71 bits per heavy atom. The van der Waals surface area contributed by atoms with Crippen molar-refractivity contribution >= 4 is 16.0 Å². The SMILES string of the molecule is CC(C)N(CCCC(=O)O)S(=O)(=O)c1cccnc1C#N. The number of nitrogens with zero attached hydrogens (tertiary/aromatic N) is 3. The van der Waals surface area contributed by atoms with E-state index in [-0.39, 0.29) is 36.0 Å². The van der Waals surface area contributed by atoms with Gasteiger partial charge in [0.1, 0.15) is 11.0 Å². The molecule has 0 radical (unpaired) electrons. The second-order valence-corrected chi connectivity index (χ2v) is 6.53. The van der Waals surface area contributed by atoms with Crippen molar-refractivity contribution < 1.29 is 18.3 Å². The van der Waals surface area contributed by atoms with Gasteiger partial charge in [0.25, 0.3) is 0 Å². The van der Waals surface area contributed by atoms with E-state index in [2.05, 4.69) is 4.98 Å². The van der Waals surface area contributed by atoms with Crippen LogP contribution in [0.5, 0.6) is 0 Å². The number of aromatic nitrogens is 1. The smallest absolute Gasteiger partial charge is 0.303 e. The highest BCUT2D eigenvalue weighted by atomic mass is 32.2. The van der Waals surface area contributed by atoms with Gasteiger partial charge in [-0.05, 0) is 32.4 Å². The van der Waals surface area contributed by atoms with E-state index in [0.717, 1.165) is 0 Å². The fraction of sp³-hybridized carbons (Fsp3) is 0.462. The molecule has 114 valence electrons. The van der Waals surface area contributed by atoms with E-state index >= 15 is 0 Å². The molecule has 0 unspecified atom stereocenters. The van der Waals surface area contributed by atoms with Crippen LogP contribution >= 0.6 is 0 Å². The van der Waals surface area contributed by atoms with Crippen molar-refractivity contribution in [1.29, 1.82) is 5.26 Å². The lowest BCUT2D eigenvalue weighted by Crippen LogP contribution is -2.38. The summed E-state index contributed by atoms with van der Waals surface area (Å²) in [5, 5.41) is 17.6. The van der Waals surface area contributed by atoms with Crippen molar-refractivity contribution in [2.45, 2.75) is 37.6 Å². The monoisotopic (exact) mass is 311 g/mol. The Bertz CT molecular complexity index is 650. The lowest BCUT2D eigenvalue weighted by molar-refractivity contribution is -0.137. The molecule has 1 aromatic rings. The number of carbonyl (C=O) groups is 1. The molecule has 0 spiro atoms. The Kier molecular flexibility index (Phi) is 5.81. The number of aliphatic carboxylic acids is 1. The summed E-state index contributed by atoms with van der Waals surface area (Å²) in [6.45, 7) is 3.47. The first-order chi connectivity index (χ1) is 9.80. The summed E-state index contributed by atoms with van der Waals surface area (Å²) in [7, 11) is -3.89. The molecule has 0 saturated heterocycles. The molecule has 0 bridgehead atoms. The van der Waals surface area contributed by atoms with Gasteiger partial charge in [0, 0.05) is 25.2 Å². The maximum absolute atomic E-state index is 12.6.